The number of fused-ring (bicyclic) bond motifs is 5. The number of benzene rings is 1. The average Bonchev–Trinajstić information content (AvgIpc) is 3.96. The van der Waals surface area contributed by atoms with E-state index in [1.807, 2.05) is 0 Å². The summed E-state index contributed by atoms with van der Waals surface area (Å²) in [5.74, 6) is -6.40. The maximum atomic E-state index is 15.4. The molecule has 16 heteroatoms. The minimum atomic E-state index is -2.36. The van der Waals surface area contributed by atoms with Crippen molar-refractivity contribution in [3.05, 3.63) is 47.0 Å². The monoisotopic (exact) mass is 813 g/mol. The van der Waals surface area contributed by atoms with Gasteiger partial charge in [-0.1, -0.05) is 32.0 Å². The van der Waals surface area contributed by atoms with Gasteiger partial charge in [-0.05, 0) is 76.7 Å². The number of amides is 1. The molecule has 0 radical (unpaired) electrons. The lowest BCUT2D eigenvalue weighted by Gasteiger charge is -2.67. The predicted octanol–water partition coefficient (Wildman–Crippen LogP) is 2.87. The van der Waals surface area contributed by atoms with Crippen molar-refractivity contribution in [3.8, 4) is 0 Å². The van der Waals surface area contributed by atoms with Gasteiger partial charge in [0.2, 0.25) is 0 Å². The molecule has 4 aliphatic carbocycles. The molecule has 1 aliphatic heterocycles. The van der Waals surface area contributed by atoms with Crippen molar-refractivity contribution in [1.29, 1.82) is 0 Å². The third-order valence-electron chi connectivity index (χ3n) is 12.8. The van der Waals surface area contributed by atoms with Gasteiger partial charge in [-0.15, -0.1) is 0 Å². The van der Waals surface area contributed by atoms with E-state index in [2.05, 4.69) is 5.32 Å². The van der Waals surface area contributed by atoms with E-state index in [-0.39, 0.29) is 35.7 Å². The first kappa shape index (κ1) is 43.2. The molecular formula is C42H55NO15. The minimum absolute atomic E-state index is 0.0144. The zero-order valence-corrected chi connectivity index (χ0v) is 34.4. The molecule has 1 aromatic rings. The lowest BCUT2D eigenvalue weighted by Crippen LogP contribution is -2.82. The van der Waals surface area contributed by atoms with Crippen LogP contribution in [0.3, 0.4) is 0 Å². The zero-order chi connectivity index (χ0) is 42.9. The van der Waals surface area contributed by atoms with Crippen molar-refractivity contribution in [2.24, 2.45) is 22.7 Å². The summed E-state index contributed by atoms with van der Waals surface area (Å²) in [5, 5.41) is 39.6. The third kappa shape index (κ3) is 7.30. The van der Waals surface area contributed by atoms with Crippen LogP contribution in [0.15, 0.2) is 41.5 Å². The lowest BCUT2D eigenvalue weighted by molar-refractivity contribution is -0.346. The smallest absolute Gasteiger partial charge is 0.407 e. The predicted molar refractivity (Wildman–Crippen MR) is 200 cm³/mol. The van der Waals surface area contributed by atoms with Crippen LogP contribution >= 0.6 is 0 Å². The second-order valence-corrected chi connectivity index (χ2v) is 18.1. The number of nitrogens with one attached hydrogen (secondary N) is 1. The number of rotatable bonds is 9. The van der Waals surface area contributed by atoms with E-state index < -0.39 is 118 Å². The molecule has 11 atom stereocenters. The van der Waals surface area contributed by atoms with Crippen LogP contribution in [0, 0.1) is 22.7 Å². The van der Waals surface area contributed by atoms with Crippen LogP contribution in [-0.2, 0) is 47.6 Å². The molecule has 2 bridgehead atoms. The van der Waals surface area contributed by atoms with Crippen LogP contribution in [0.2, 0.25) is 0 Å². The molecular weight excluding hydrogens is 758 g/mol. The highest BCUT2D eigenvalue weighted by atomic mass is 16.6. The Morgan fingerprint density at radius 3 is 2.14 bits per heavy atom. The number of carbonyl (C=O) groups is 6. The van der Waals surface area contributed by atoms with Crippen LogP contribution in [0.5, 0.6) is 0 Å². The van der Waals surface area contributed by atoms with Gasteiger partial charge in [0.05, 0.1) is 35.6 Å². The molecule has 4 N–H and O–H groups in total. The minimum Gasteiger partial charge on any atom is -0.456 e. The van der Waals surface area contributed by atoms with E-state index in [1.165, 1.54) is 26.0 Å². The van der Waals surface area contributed by atoms with Crippen molar-refractivity contribution in [2.75, 3.05) is 6.61 Å². The van der Waals surface area contributed by atoms with Gasteiger partial charge in [0.15, 0.2) is 23.6 Å². The van der Waals surface area contributed by atoms with Crippen LogP contribution in [-0.4, -0.2) is 117 Å². The molecule has 5 aliphatic rings. The van der Waals surface area contributed by atoms with Crippen LogP contribution in [0.25, 0.3) is 0 Å². The number of alkyl carbamates (subject to hydrolysis) is 1. The summed E-state index contributed by atoms with van der Waals surface area (Å²) < 4.78 is 35.4. The average molecular weight is 814 g/mol. The molecule has 1 saturated heterocycles. The van der Waals surface area contributed by atoms with Crippen LogP contribution in [0.1, 0.15) is 98.4 Å². The fraction of sp³-hybridized carbons (Fsp3) is 0.667. The second-order valence-electron chi connectivity index (χ2n) is 18.1. The van der Waals surface area contributed by atoms with Crippen LogP contribution < -0.4 is 5.32 Å². The summed E-state index contributed by atoms with van der Waals surface area (Å²) >= 11 is 0. The number of aliphatic hydroxyl groups is 3. The maximum absolute atomic E-state index is 15.4. The molecule has 16 nitrogen and oxygen atoms in total. The van der Waals surface area contributed by atoms with Crippen molar-refractivity contribution in [3.63, 3.8) is 0 Å². The van der Waals surface area contributed by atoms with Crippen LogP contribution in [0.4, 0.5) is 4.79 Å². The van der Waals surface area contributed by atoms with E-state index in [0.29, 0.717) is 12.8 Å². The number of aliphatic hydroxyl groups excluding tert-OH is 2. The highest BCUT2D eigenvalue weighted by molar-refractivity contribution is 5.95. The molecule has 1 heterocycles. The van der Waals surface area contributed by atoms with Gasteiger partial charge in [0.25, 0.3) is 0 Å². The van der Waals surface area contributed by atoms with Crippen molar-refractivity contribution in [1.82, 2.24) is 5.32 Å². The van der Waals surface area contributed by atoms with Gasteiger partial charge in [-0.25, -0.2) is 14.4 Å². The number of Topliss-reactive ketones (excluding diaryl/α,β-unsaturated/α-hetero) is 1. The molecule has 3 saturated carbocycles. The Balaban J connectivity index is 1.52. The fourth-order valence-electron chi connectivity index (χ4n) is 9.73. The molecule has 0 unspecified atom stereocenters. The molecule has 318 valence electrons. The van der Waals surface area contributed by atoms with Gasteiger partial charge in [0, 0.05) is 32.1 Å². The second kappa shape index (κ2) is 15.0. The number of esters is 4. The highest BCUT2D eigenvalue weighted by Crippen LogP contribution is 2.64. The maximum Gasteiger partial charge on any atom is 0.407 e. The molecule has 0 aromatic heterocycles. The van der Waals surface area contributed by atoms with E-state index >= 15 is 4.79 Å². The molecule has 58 heavy (non-hydrogen) atoms. The Labute approximate surface area is 336 Å². The van der Waals surface area contributed by atoms with Crippen molar-refractivity contribution < 1.29 is 72.5 Å². The fourth-order valence-corrected chi connectivity index (χ4v) is 9.73. The quantitative estimate of drug-likeness (QED) is 0.160. The Bertz CT molecular complexity index is 1880. The molecule has 4 fully saturated rings. The van der Waals surface area contributed by atoms with E-state index in [1.54, 1.807) is 52.8 Å². The number of ether oxygens (including phenoxy) is 6. The lowest BCUT2D eigenvalue weighted by atomic mass is 9.44. The normalized spacial score (nSPS) is 34.9. The Kier molecular flexibility index (Phi) is 11.2. The standard InChI is InChI=1S/C42H55NO15/c1-20-25(55-36(50)30(47)29(23-15-16-23)43-37(51)58-38(4,5)6)18-42(52)34(56-35(49)24-13-11-10-12-14-24)32-40(9,26(46)17-27-41(32,19-53-27)57-22(3)45)33(48)31(54-21(2)44)28(20)39(42,7)8/h10-14,23,25-27,29-32,34,46-47,52H,15-19H2,1-9H3,(H,43,51)/t25-,26-,27+,29-,30+,31+,32-,34-,40+,41-,42+/m0/s1. The van der Waals surface area contributed by atoms with Gasteiger partial charge >= 0.3 is 30.0 Å². The first-order valence-electron chi connectivity index (χ1n) is 19.7. The molecule has 6 rings (SSSR count). The summed E-state index contributed by atoms with van der Waals surface area (Å²) in [6, 6.07) is 6.76. The van der Waals surface area contributed by atoms with Crippen molar-refractivity contribution in [2.45, 2.75) is 147 Å². The third-order valence-corrected chi connectivity index (χ3v) is 12.8. The number of hydrogen-bond donors (Lipinski definition) is 4. The van der Waals surface area contributed by atoms with Crippen molar-refractivity contribution >= 4 is 35.8 Å². The SMILES string of the molecule is CC(=O)O[C@H]1C(=O)[C@@]2(C)[C@H]([C@H](OC(=O)c3ccccc3)[C@]3(O)C[C@H](OC(=O)[C@H](O)[C@@H](NC(=O)OC(C)(C)C)C4CC4)C(C)=C1C3(C)C)[C@]1(OC(C)=O)CO[C@@H]1C[C@@H]2O. The first-order valence-corrected chi connectivity index (χ1v) is 19.7. The summed E-state index contributed by atoms with van der Waals surface area (Å²) in [6.07, 6.45) is -9.86. The summed E-state index contributed by atoms with van der Waals surface area (Å²) in [7, 11) is 0. The summed E-state index contributed by atoms with van der Waals surface area (Å²) in [4.78, 5) is 82.1. The van der Waals surface area contributed by atoms with E-state index in [4.69, 9.17) is 28.4 Å². The number of ketones is 1. The number of carbonyl (C=O) groups excluding carboxylic acids is 6. The number of hydrogen-bond acceptors (Lipinski definition) is 15. The zero-order valence-electron chi connectivity index (χ0n) is 34.4. The molecule has 0 spiro atoms. The van der Waals surface area contributed by atoms with Gasteiger partial charge in [-0.3, -0.25) is 14.4 Å². The Hall–Kier alpha value is -4.38. The van der Waals surface area contributed by atoms with E-state index in [9.17, 15) is 39.3 Å². The largest absolute Gasteiger partial charge is 0.456 e. The first-order chi connectivity index (χ1) is 26.9. The van der Waals surface area contributed by atoms with E-state index in [0.717, 1.165) is 13.8 Å². The van der Waals surface area contributed by atoms with Gasteiger partial charge in [-0.2, -0.15) is 0 Å². The van der Waals surface area contributed by atoms with Gasteiger partial charge in [0.1, 0.15) is 29.5 Å². The molecule has 1 aromatic carbocycles. The molecule has 1 amide bonds. The summed E-state index contributed by atoms with van der Waals surface area (Å²) in [5.41, 5.74) is -8.36. The summed E-state index contributed by atoms with van der Waals surface area (Å²) in [6.45, 7) is 13.0. The highest BCUT2D eigenvalue weighted by Gasteiger charge is 2.78. The van der Waals surface area contributed by atoms with Gasteiger partial charge < -0.3 is 49.1 Å². The Morgan fingerprint density at radius 2 is 1.60 bits per heavy atom. The topological polar surface area (TPSA) is 231 Å². The Morgan fingerprint density at radius 1 is 0.966 bits per heavy atom.